The number of hydrogen-bond acceptors (Lipinski definition) is 4. The number of alkyl halides is 3. The van der Waals surface area contributed by atoms with Gasteiger partial charge >= 0.3 is 6.18 Å². The molecular formula is C12H16F3N3O. The standard InChI is InChI=1S/C12H16F3N3O/c1-2-5-16-9-6-10(19-7-8-3-4-8)18-11(17-9)12(13,14)15/h6,8H,2-5,7H2,1H3,(H,16,17,18). The van der Waals surface area contributed by atoms with Crippen molar-refractivity contribution in [2.45, 2.75) is 32.4 Å². The van der Waals surface area contributed by atoms with E-state index in [0.29, 0.717) is 19.1 Å². The lowest BCUT2D eigenvalue weighted by molar-refractivity contribution is -0.145. The van der Waals surface area contributed by atoms with Gasteiger partial charge in [-0.2, -0.15) is 18.2 Å². The van der Waals surface area contributed by atoms with Crippen LogP contribution >= 0.6 is 0 Å². The zero-order valence-corrected chi connectivity index (χ0v) is 10.6. The Morgan fingerprint density at radius 1 is 1.37 bits per heavy atom. The highest BCUT2D eigenvalue weighted by Gasteiger charge is 2.36. The second kappa shape index (κ2) is 5.63. The minimum atomic E-state index is -4.57. The molecule has 0 amide bonds. The van der Waals surface area contributed by atoms with E-state index in [0.717, 1.165) is 19.3 Å². The summed E-state index contributed by atoms with van der Waals surface area (Å²) in [6, 6.07) is 1.41. The van der Waals surface area contributed by atoms with Gasteiger partial charge in [-0.3, -0.25) is 0 Å². The summed E-state index contributed by atoms with van der Waals surface area (Å²) in [6.45, 7) is 2.89. The molecule has 1 N–H and O–H groups in total. The van der Waals surface area contributed by atoms with Crippen molar-refractivity contribution in [1.82, 2.24) is 9.97 Å². The van der Waals surface area contributed by atoms with E-state index in [-0.39, 0.29) is 11.7 Å². The van der Waals surface area contributed by atoms with Crippen LogP contribution in [0.4, 0.5) is 19.0 Å². The van der Waals surface area contributed by atoms with Gasteiger partial charge in [0.05, 0.1) is 6.61 Å². The highest BCUT2D eigenvalue weighted by Crippen LogP contribution is 2.31. The van der Waals surface area contributed by atoms with E-state index < -0.39 is 12.0 Å². The average molecular weight is 275 g/mol. The Bertz CT molecular complexity index is 433. The zero-order chi connectivity index (χ0) is 13.9. The summed E-state index contributed by atoms with van der Waals surface area (Å²) in [7, 11) is 0. The summed E-state index contributed by atoms with van der Waals surface area (Å²) >= 11 is 0. The van der Waals surface area contributed by atoms with Crippen LogP contribution in [0.5, 0.6) is 5.88 Å². The fourth-order valence-corrected chi connectivity index (χ4v) is 1.46. The summed E-state index contributed by atoms with van der Waals surface area (Å²) in [6.07, 6.45) is -1.64. The molecule has 0 aliphatic heterocycles. The van der Waals surface area contributed by atoms with Gasteiger partial charge in [0.25, 0.3) is 0 Å². The number of halogens is 3. The Labute approximate surface area is 109 Å². The highest BCUT2D eigenvalue weighted by atomic mass is 19.4. The van der Waals surface area contributed by atoms with Crippen molar-refractivity contribution in [3.8, 4) is 5.88 Å². The molecule has 1 heterocycles. The maximum Gasteiger partial charge on any atom is 0.451 e. The second-order valence-corrected chi connectivity index (χ2v) is 4.59. The highest BCUT2D eigenvalue weighted by molar-refractivity contribution is 5.38. The molecular weight excluding hydrogens is 259 g/mol. The van der Waals surface area contributed by atoms with Crippen LogP contribution in [0.3, 0.4) is 0 Å². The molecule has 1 aromatic heterocycles. The number of anilines is 1. The molecule has 2 rings (SSSR count). The Balaban J connectivity index is 2.14. The molecule has 4 nitrogen and oxygen atoms in total. The zero-order valence-electron chi connectivity index (χ0n) is 10.6. The molecule has 0 bridgehead atoms. The second-order valence-electron chi connectivity index (χ2n) is 4.59. The van der Waals surface area contributed by atoms with Crippen LogP contribution in [0.15, 0.2) is 6.07 Å². The van der Waals surface area contributed by atoms with Gasteiger partial charge in [0.2, 0.25) is 11.7 Å². The monoisotopic (exact) mass is 275 g/mol. The molecule has 1 aliphatic rings. The van der Waals surface area contributed by atoms with Crippen molar-refractivity contribution in [2.24, 2.45) is 5.92 Å². The third kappa shape index (κ3) is 4.25. The minimum Gasteiger partial charge on any atom is -0.477 e. The molecule has 1 aromatic rings. The lowest BCUT2D eigenvalue weighted by Crippen LogP contribution is -2.15. The van der Waals surface area contributed by atoms with Crippen LogP contribution in [0.1, 0.15) is 32.0 Å². The molecule has 1 aliphatic carbocycles. The summed E-state index contributed by atoms with van der Waals surface area (Å²) in [5.74, 6) is -0.585. The topological polar surface area (TPSA) is 47.0 Å². The van der Waals surface area contributed by atoms with Gasteiger partial charge in [-0.25, -0.2) is 4.98 Å². The predicted octanol–water partition coefficient (Wildman–Crippen LogP) is 3.11. The molecule has 0 atom stereocenters. The molecule has 0 spiro atoms. The largest absolute Gasteiger partial charge is 0.477 e. The molecule has 19 heavy (non-hydrogen) atoms. The summed E-state index contributed by atoms with van der Waals surface area (Å²) in [5, 5.41) is 2.82. The molecule has 0 radical (unpaired) electrons. The minimum absolute atomic E-state index is 0.0205. The average Bonchev–Trinajstić information content (AvgIpc) is 3.16. The lowest BCUT2D eigenvalue weighted by atomic mass is 10.4. The quantitative estimate of drug-likeness (QED) is 0.866. The maximum atomic E-state index is 12.7. The number of aromatic nitrogens is 2. The van der Waals surface area contributed by atoms with E-state index in [1.807, 2.05) is 6.92 Å². The Hall–Kier alpha value is -1.53. The number of nitrogens with one attached hydrogen (secondary N) is 1. The normalized spacial score (nSPS) is 15.4. The van der Waals surface area contributed by atoms with E-state index in [2.05, 4.69) is 15.3 Å². The van der Waals surface area contributed by atoms with Crippen LogP contribution in [-0.4, -0.2) is 23.1 Å². The first-order chi connectivity index (χ1) is 8.99. The summed E-state index contributed by atoms with van der Waals surface area (Å²) in [4.78, 5) is 6.87. The SMILES string of the molecule is CCCNc1cc(OCC2CC2)nc(C(F)(F)F)n1. The third-order valence-corrected chi connectivity index (χ3v) is 2.68. The van der Waals surface area contributed by atoms with Gasteiger partial charge in [0, 0.05) is 12.6 Å². The van der Waals surface area contributed by atoms with E-state index in [1.54, 1.807) is 0 Å². The molecule has 106 valence electrons. The summed E-state index contributed by atoms with van der Waals surface area (Å²) < 4.78 is 43.3. The van der Waals surface area contributed by atoms with Crippen LogP contribution < -0.4 is 10.1 Å². The molecule has 1 saturated carbocycles. The van der Waals surface area contributed by atoms with Crippen LogP contribution in [0.25, 0.3) is 0 Å². The number of rotatable bonds is 6. The number of nitrogens with zero attached hydrogens (tertiary/aromatic N) is 2. The van der Waals surface area contributed by atoms with Crippen LogP contribution in [0, 0.1) is 5.92 Å². The maximum absolute atomic E-state index is 12.7. The van der Waals surface area contributed by atoms with Crippen molar-refractivity contribution in [1.29, 1.82) is 0 Å². The van der Waals surface area contributed by atoms with Crippen molar-refractivity contribution in [3.63, 3.8) is 0 Å². The van der Waals surface area contributed by atoms with Gasteiger partial charge in [-0.1, -0.05) is 6.92 Å². The van der Waals surface area contributed by atoms with E-state index in [4.69, 9.17) is 4.74 Å². The van der Waals surface area contributed by atoms with Crippen molar-refractivity contribution < 1.29 is 17.9 Å². The molecule has 0 saturated heterocycles. The van der Waals surface area contributed by atoms with Crippen LogP contribution in [0.2, 0.25) is 0 Å². The predicted molar refractivity (Wildman–Crippen MR) is 64.0 cm³/mol. The molecule has 1 fully saturated rings. The fraction of sp³-hybridized carbons (Fsp3) is 0.667. The van der Waals surface area contributed by atoms with E-state index in [9.17, 15) is 13.2 Å². The molecule has 0 unspecified atom stereocenters. The van der Waals surface area contributed by atoms with Crippen molar-refractivity contribution in [3.05, 3.63) is 11.9 Å². The smallest absolute Gasteiger partial charge is 0.451 e. The first-order valence-corrected chi connectivity index (χ1v) is 6.32. The van der Waals surface area contributed by atoms with Crippen molar-refractivity contribution >= 4 is 5.82 Å². The molecule has 7 heteroatoms. The van der Waals surface area contributed by atoms with Gasteiger partial charge in [0.1, 0.15) is 5.82 Å². The van der Waals surface area contributed by atoms with Crippen molar-refractivity contribution in [2.75, 3.05) is 18.5 Å². The third-order valence-electron chi connectivity index (χ3n) is 2.68. The van der Waals surface area contributed by atoms with Crippen LogP contribution in [-0.2, 0) is 6.18 Å². The summed E-state index contributed by atoms with van der Waals surface area (Å²) in [5.41, 5.74) is 0. The van der Waals surface area contributed by atoms with E-state index >= 15 is 0 Å². The van der Waals surface area contributed by atoms with Gasteiger partial charge in [-0.15, -0.1) is 0 Å². The Kier molecular flexibility index (Phi) is 4.11. The Morgan fingerprint density at radius 2 is 2.11 bits per heavy atom. The van der Waals surface area contributed by atoms with Gasteiger partial charge in [-0.05, 0) is 25.2 Å². The van der Waals surface area contributed by atoms with Gasteiger partial charge in [0.15, 0.2) is 0 Å². The first-order valence-electron chi connectivity index (χ1n) is 6.32. The number of hydrogen-bond donors (Lipinski definition) is 1. The lowest BCUT2D eigenvalue weighted by Gasteiger charge is -2.11. The fourth-order valence-electron chi connectivity index (χ4n) is 1.46. The number of ether oxygens (including phenoxy) is 1. The van der Waals surface area contributed by atoms with Gasteiger partial charge < -0.3 is 10.1 Å². The van der Waals surface area contributed by atoms with E-state index in [1.165, 1.54) is 6.07 Å². The Morgan fingerprint density at radius 3 is 2.68 bits per heavy atom. The first kappa shape index (κ1) is 13.9. The molecule has 0 aromatic carbocycles.